The van der Waals surface area contributed by atoms with Crippen LogP contribution in [0.15, 0.2) is 54.6 Å². The molecule has 2 aromatic rings. The molecule has 21 heavy (non-hydrogen) atoms. The first-order valence-corrected chi connectivity index (χ1v) is 6.87. The van der Waals surface area contributed by atoms with Gasteiger partial charge in [-0.3, -0.25) is 9.59 Å². The smallest absolute Gasteiger partial charge is 0.251 e. The molecular weight excluding hydrogens is 264 g/mol. The number of primary amides is 1. The highest BCUT2D eigenvalue weighted by atomic mass is 16.2. The van der Waals surface area contributed by atoms with Crippen molar-refractivity contribution in [1.29, 1.82) is 0 Å². The first kappa shape index (κ1) is 14.8. The molecule has 2 rings (SSSR count). The molecule has 4 heteroatoms. The van der Waals surface area contributed by atoms with Crippen LogP contribution in [0.25, 0.3) is 0 Å². The minimum Gasteiger partial charge on any atom is -0.366 e. The van der Waals surface area contributed by atoms with Crippen LogP contribution in [0.4, 0.5) is 0 Å². The summed E-state index contributed by atoms with van der Waals surface area (Å²) in [5, 5.41) is 2.97. The monoisotopic (exact) mass is 282 g/mol. The molecule has 0 bridgehead atoms. The first-order valence-electron chi connectivity index (χ1n) is 6.87. The van der Waals surface area contributed by atoms with Gasteiger partial charge in [0.15, 0.2) is 0 Å². The second-order valence-corrected chi connectivity index (χ2v) is 4.79. The molecule has 0 fully saturated rings. The van der Waals surface area contributed by atoms with Gasteiger partial charge in [0.2, 0.25) is 5.91 Å². The summed E-state index contributed by atoms with van der Waals surface area (Å²) in [5.41, 5.74) is 7.05. The van der Waals surface area contributed by atoms with Crippen LogP contribution < -0.4 is 11.1 Å². The van der Waals surface area contributed by atoms with Crippen LogP contribution in [-0.4, -0.2) is 11.8 Å². The van der Waals surface area contributed by atoms with Crippen LogP contribution in [0, 0.1) is 0 Å². The molecule has 0 aliphatic rings. The van der Waals surface area contributed by atoms with Gasteiger partial charge in [0, 0.05) is 11.1 Å². The van der Waals surface area contributed by atoms with Gasteiger partial charge in [-0.05, 0) is 30.2 Å². The average Bonchev–Trinajstić information content (AvgIpc) is 2.53. The van der Waals surface area contributed by atoms with E-state index >= 15 is 0 Å². The highest BCUT2D eigenvalue weighted by molar-refractivity contribution is 5.99. The van der Waals surface area contributed by atoms with E-state index in [2.05, 4.69) is 5.32 Å². The Morgan fingerprint density at radius 3 is 2.33 bits per heavy atom. The molecule has 108 valence electrons. The van der Waals surface area contributed by atoms with E-state index in [9.17, 15) is 9.59 Å². The minimum atomic E-state index is -0.542. The predicted octanol–water partition coefficient (Wildman–Crippen LogP) is 2.67. The maximum atomic E-state index is 12.3. The largest absolute Gasteiger partial charge is 0.366 e. The van der Waals surface area contributed by atoms with E-state index in [-0.39, 0.29) is 11.9 Å². The summed E-state index contributed by atoms with van der Waals surface area (Å²) in [7, 11) is 0. The SMILES string of the molecule is CCC(NC(=O)c1cccc(C(N)=O)c1)c1ccccc1. The number of hydrogen-bond donors (Lipinski definition) is 2. The molecule has 0 saturated heterocycles. The molecule has 2 aromatic carbocycles. The lowest BCUT2D eigenvalue weighted by Crippen LogP contribution is -2.28. The molecule has 0 radical (unpaired) electrons. The zero-order chi connectivity index (χ0) is 15.2. The van der Waals surface area contributed by atoms with Crippen molar-refractivity contribution in [1.82, 2.24) is 5.32 Å². The van der Waals surface area contributed by atoms with E-state index < -0.39 is 5.91 Å². The van der Waals surface area contributed by atoms with Crippen LogP contribution >= 0.6 is 0 Å². The number of hydrogen-bond acceptors (Lipinski definition) is 2. The van der Waals surface area contributed by atoms with E-state index in [1.807, 2.05) is 37.3 Å². The third-order valence-corrected chi connectivity index (χ3v) is 3.32. The van der Waals surface area contributed by atoms with Crippen molar-refractivity contribution in [3.8, 4) is 0 Å². The Kier molecular flexibility index (Phi) is 4.72. The Morgan fingerprint density at radius 2 is 1.71 bits per heavy atom. The molecule has 1 unspecified atom stereocenters. The standard InChI is InChI=1S/C17H18N2O2/c1-2-15(12-7-4-3-5-8-12)19-17(21)14-10-6-9-13(11-14)16(18)20/h3-11,15H,2H2,1H3,(H2,18,20)(H,19,21). The summed E-state index contributed by atoms with van der Waals surface area (Å²) in [6.45, 7) is 2.01. The summed E-state index contributed by atoms with van der Waals surface area (Å²) < 4.78 is 0. The van der Waals surface area contributed by atoms with Crippen molar-refractivity contribution in [3.05, 3.63) is 71.3 Å². The molecule has 1 atom stereocenters. The second-order valence-electron chi connectivity index (χ2n) is 4.79. The van der Waals surface area contributed by atoms with E-state index in [0.29, 0.717) is 11.1 Å². The number of rotatable bonds is 5. The van der Waals surface area contributed by atoms with Gasteiger partial charge in [-0.15, -0.1) is 0 Å². The Balaban J connectivity index is 2.17. The van der Waals surface area contributed by atoms with E-state index in [1.54, 1.807) is 18.2 Å². The van der Waals surface area contributed by atoms with Gasteiger partial charge in [0.1, 0.15) is 0 Å². The predicted molar refractivity (Wildman–Crippen MR) is 81.9 cm³/mol. The van der Waals surface area contributed by atoms with Crippen LogP contribution in [0.5, 0.6) is 0 Å². The number of carbonyl (C=O) groups excluding carboxylic acids is 2. The lowest BCUT2D eigenvalue weighted by molar-refractivity contribution is 0.0935. The summed E-state index contributed by atoms with van der Waals surface area (Å²) in [6.07, 6.45) is 0.783. The Hall–Kier alpha value is -2.62. The Labute approximate surface area is 124 Å². The first-order chi connectivity index (χ1) is 10.1. The van der Waals surface area contributed by atoms with Gasteiger partial charge in [0.25, 0.3) is 5.91 Å². The van der Waals surface area contributed by atoms with Crippen molar-refractivity contribution < 1.29 is 9.59 Å². The lowest BCUT2D eigenvalue weighted by Gasteiger charge is -2.17. The summed E-state index contributed by atoms with van der Waals surface area (Å²) in [5.74, 6) is -0.756. The van der Waals surface area contributed by atoms with Crippen LogP contribution in [0.1, 0.15) is 45.7 Å². The zero-order valence-corrected chi connectivity index (χ0v) is 11.9. The van der Waals surface area contributed by atoms with Crippen molar-refractivity contribution >= 4 is 11.8 Å². The molecule has 0 aliphatic carbocycles. The fourth-order valence-corrected chi connectivity index (χ4v) is 2.16. The van der Waals surface area contributed by atoms with Gasteiger partial charge < -0.3 is 11.1 Å². The molecule has 0 aliphatic heterocycles. The maximum absolute atomic E-state index is 12.3. The molecule has 0 saturated carbocycles. The second kappa shape index (κ2) is 6.70. The maximum Gasteiger partial charge on any atom is 0.251 e. The van der Waals surface area contributed by atoms with E-state index in [1.165, 1.54) is 6.07 Å². The van der Waals surface area contributed by atoms with Crippen molar-refractivity contribution in [2.24, 2.45) is 5.73 Å². The summed E-state index contributed by atoms with van der Waals surface area (Å²) in [4.78, 5) is 23.5. The van der Waals surface area contributed by atoms with Gasteiger partial charge in [-0.25, -0.2) is 0 Å². The number of amides is 2. The fourth-order valence-electron chi connectivity index (χ4n) is 2.16. The fraction of sp³-hybridized carbons (Fsp3) is 0.176. The van der Waals surface area contributed by atoms with Gasteiger partial charge in [0.05, 0.1) is 6.04 Å². The van der Waals surface area contributed by atoms with Gasteiger partial charge in [-0.2, -0.15) is 0 Å². The third-order valence-electron chi connectivity index (χ3n) is 3.32. The molecule has 3 N–H and O–H groups in total. The van der Waals surface area contributed by atoms with Crippen LogP contribution in [0.3, 0.4) is 0 Å². The Morgan fingerprint density at radius 1 is 1.05 bits per heavy atom. The molecular formula is C17H18N2O2. The molecule has 0 heterocycles. The molecule has 2 amide bonds. The highest BCUT2D eigenvalue weighted by Crippen LogP contribution is 2.17. The summed E-state index contributed by atoms with van der Waals surface area (Å²) >= 11 is 0. The highest BCUT2D eigenvalue weighted by Gasteiger charge is 2.14. The van der Waals surface area contributed by atoms with Crippen LogP contribution in [0.2, 0.25) is 0 Å². The number of nitrogens with two attached hydrogens (primary N) is 1. The van der Waals surface area contributed by atoms with Crippen molar-refractivity contribution in [2.45, 2.75) is 19.4 Å². The molecule has 4 nitrogen and oxygen atoms in total. The summed E-state index contributed by atoms with van der Waals surface area (Å²) in [6, 6.07) is 16.1. The Bertz CT molecular complexity index is 638. The third kappa shape index (κ3) is 3.69. The number of benzene rings is 2. The van der Waals surface area contributed by atoms with E-state index in [0.717, 1.165) is 12.0 Å². The van der Waals surface area contributed by atoms with Gasteiger partial charge in [-0.1, -0.05) is 43.3 Å². The van der Waals surface area contributed by atoms with Gasteiger partial charge >= 0.3 is 0 Å². The van der Waals surface area contributed by atoms with E-state index in [4.69, 9.17) is 5.73 Å². The van der Waals surface area contributed by atoms with Crippen molar-refractivity contribution in [3.63, 3.8) is 0 Å². The molecule has 0 aromatic heterocycles. The lowest BCUT2D eigenvalue weighted by atomic mass is 10.0. The number of carbonyl (C=O) groups is 2. The topological polar surface area (TPSA) is 72.2 Å². The zero-order valence-electron chi connectivity index (χ0n) is 11.9. The molecule has 0 spiro atoms. The normalized spacial score (nSPS) is 11.7. The van der Waals surface area contributed by atoms with Crippen molar-refractivity contribution in [2.75, 3.05) is 0 Å². The van der Waals surface area contributed by atoms with Crippen LogP contribution in [-0.2, 0) is 0 Å². The quantitative estimate of drug-likeness (QED) is 0.885. The average molecular weight is 282 g/mol. The number of nitrogens with one attached hydrogen (secondary N) is 1. The minimum absolute atomic E-state index is 0.0593.